The summed E-state index contributed by atoms with van der Waals surface area (Å²) in [5.41, 5.74) is 6.06. The van der Waals surface area contributed by atoms with Gasteiger partial charge in [-0.2, -0.15) is 0 Å². The molecule has 0 aromatic carbocycles. The smallest absolute Gasteiger partial charge is 0.0255 e. The zero-order chi connectivity index (χ0) is 12.5. The molecule has 104 valence electrons. The van der Waals surface area contributed by atoms with E-state index in [9.17, 15) is 0 Å². The van der Waals surface area contributed by atoms with Crippen LogP contribution in [0.15, 0.2) is 0 Å². The summed E-state index contributed by atoms with van der Waals surface area (Å²) < 4.78 is 0. The third kappa shape index (κ3) is 2.33. The van der Waals surface area contributed by atoms with Crippen LogP contribution in [0.1, 0.15) is 39.0 Å². The summed E-state index contributed by atoms with van der Waals surface area (Å²) >= 11 is 0. The van der Waals surface area contributed by atoms with Gasteiger partial charge in [0.1, 0.15) is 0 Å². The second-order valence-electron chi connectivity index (χ2n) is 6.63. The van der Waals surface area contributed by atoms with Crippen LogP contribution in [0.3, 0.4) is 0 Å². The molecule has 0 spiro atoms. The molecule has 4 heterocycles. The lowest BCUT2D eigenvalue weighted by Crippen LogP contribution is -2.62. The Balaban J connectivity index is 1.67. The quantitative estimate of drug-likeness (QED) is 0.825. The van der Waals surface area contributed by atoms with Crippen molar-refractivity contribution in [2.24, 2.45) is 17.6 Å². The summed E-state index contributed by atoms with van der Waals surface area (Å²) in [6.07, 6.45) is 6.93. The van der Waals surface area contributed by atoms with Crippen LogP contribution in [0.25, 0.3) is 0 Å². The summed E-state index contributed by atoms with van der Waals surface area (Å²) in [5.74, 6) is 1.89. The van der Waals surface area contributed by atoms with Crippen LogP contribution >= 0.6 is 0 Å². The molecule has 0 radical (unpaired) electrons. The van der Waals surface area contributed by atoms with Gasteiger partial charge in [-0.3, -0.25) is 4.90 Å². The molecule has 3 atom stereocenters. The molecule has 2 bridgehead atoms. The maximum atomic E-state index is 6.06. The first kappa shape index (κ1) is 12.9. The Morgan fingerprint density at radius 1 is 1.11 bits per heavy atom. The Morgan fingerprint density at radius 2 is 1.89 bits per heavy atom. The van der Waals surface area contributed by atoms with Crippen molar-refractivity contribution in [3.05, 3.63) is 0 Å². The Kier molecular flexibility index (Phi) is 3.92. The lowest BCUT2D eigenvalue weighted by Gasteiger charge is -2.53. The molecule has 4 rings (SSSR count). The number of nitrogens with two attached hydrogens (primary N) is 1. The highest BCUT2D eigenvalue weighted by Crippen LogP contribution is 2.35. The Hall–Kier alpha value is -0.120. The summed E-state index contributed by atoms with van der Waals surface area (Å²) in [4.78, 5) is 5.46. The average molecular weight is 251 g/mol. The van der Waals surface area contributed by atoms with E-state index in [4.69, 9.17) is 5.73 Å². The first-order valence-electron chi connectivity index (χ1n) is 8.00. The maximum absolute atomic E-state index is 6.06. The van der Waals surface area contributed by atoms with E-state index in [2.05, 4.69) is 16.7 Å². The number of rotatable bonds is 3. The van der Waals surface area contributed by atoms with Gasteiger partial charge >= 0.3 is 0 Å². The largest absolute Gasteiger partial charge is 0.329 e. The number of nitrogens with zero attached hydrogens (tertiary/aromatic N) is 2. The van der Waals surface area contributed by atoms with E-state index in [1.807, 2.05) is 0 Å². The molecule has 4 aliphatic rings. The average Bonchev–Trinajstić information content (AvgIpc) is 2.47. The highest BCUT2D eigenvalue weighted by atomic mass is 15.3. The van der Waals surface area contributed by atoms with Crippen LogP contribution in [-0.2, 0) is 0 Å². The van der Waals surface area contributed by atoms with E-state index in [1.165, 1.54) is 58.3 Å². The van der Waals surface area contributed by atoms with Crippen molar-refractivity contribution in [1.82, 2.24) is 9.80 Å². The van der Waals surface area contributed by atoms with Crippen LogP contribution in [0.4, 0.5) is 0 Å². The molecule has 0 saturated carbocycles. The van der Waals surface area contributed by atoms with Gasteiger partial charge in [-0.1, -0.05) is 13.3 Å². The van der Waals surface area contributed by atoms with E-state index in [0.29, 0.717) is 6.04 Å². The van der Waals surface area contributed by atoms with E-state index in [1.54, 1.807) is 0 Å². The summed E-state index contributed by atoms with van der Waals surface area (Å²) in [7, 11) is 0. The van der Waals surface area contributed by atoms with Crippen LogP contribution in [0.5, 0.6) is 0 Å². The third-order valence-corrected chi connectivity index (χ3v) is 5.77. The number of fused-ring (bicyclic) bond motifs is 3. The lowest BCUT2D eigenvalue weighted by molar-refractivity contribution is -0.0331. The van der Waals surface area contributed by atoms with Crippen molar-refractivity contribution in [3.8, 4) is 0 Å². The number of hydrogen-bond donors (Lipinski definition) is 1. The fourth-order valence-electron chi connectivity index (χ4n) is 4.50. The minimum absolute atomic E-state index is 0.661. The Bertz CT molecular complexity index is 273. The van der Waals surface area contributed by atoms with Crippen molar-refractivity contribution >= 4 is 0 Å². The van der Waals surface area contributed by atoms with Crippen LogP contribution < -0.4 is 5.73 Å². The van der Waals surface area contributed by atoms with Gasteiger partial charge in [-0.25, -0.2) is 0 Å². The molecule has 0 aromatic rings. The SMILES string of the molecule is CCC1CCN(C2CN3CCC2CC3)C(CN)C1. The molecule has 4 fully saturated rings. The molecule has 4 aliphatic heterocycles. The fraction of sp³-hybridized carbons (Fsp3) is 1.00. The van der Waals surface area contributed by atoms with Crippen molar-refractivity contribution in [2.75, 3.05) is 32.7 Å². The van der Waals surface area contributed by atoms with Gasteiger partial charge in [0, 0.05) is 25.2 Å². The molecule has 18 heavy (non-hydrogen) atoms. The van der Waals surface area contributed by atoms with E-state index in [-0.39, 0.29) is 0 Å². The number of hydrogen-bond acceptors (Lipinski definition) is 3. The fourth-order valence-corrected chi connectivity index (χ4v) is 4.50. The van der Waals surface area contributed by atoms with Gasteiger partial charge in [-0.05, 0) is 57.2 Å². The van der Waals surface area contributed by atoms with Crippen molar-refractivity contribution in [1.29, 1.82) is 0 Å². The second kappa shape index (κ2) is 5.48. The normalized spacial score (nSPS) is 45.3. The van der Waals surface area contributed by atoms with Gasteiger partial charge in [0.05, 0.1) is 0 Å². The van der Waals surface area contributed by atoms with Gasteiger partial charge in [0.25, 0.3) is 0 Å². The molecule has 4 saturated heterocycles. The van der Waals surface area contributed by atoms with Gasteiger partial charge in [0.2, 0.25) is 0 Å². The van der Waals surface area contributed by atoms with Crippen molar-refractivity contribution in [2.45, 2.75) is 51.1 Å². The topological polar surface area (TPSA) is 32.5 Å². The Labute approximate surface area is 112 Å². The molecule has 3 unspecified atom stereocenters. The van der Waals surface area contributed by atoms with Gasteiger partial charge in [-0.15, -0.1) is 0 Å². The first-order chi connectivity index (χ1) is 8.81. The zero-order valence-electron chi connectivity index (χ0n) is 11.9. The zero-order valence-corrected chi connectivity index (χ0v) is 11.9. The standard InChI is InChI=1S/C15H29N3/c1-2-12-3-8-18(14(9-12)10-16)15-11-17-6-4-13(15)5-7-17/h12-15H,2-11,16H2,1H3. The van der Waals surface area contributed by atoms with Crippen molar-refractivity contribution < 1.29 is 0 Å². The first-order valence-corrected chi connectivity index (χ1v) is 8.00. The monoisotopic (exact) mass is 251 g/mol. The number of piperidine rings is 4. The van der Waals surface area contributed by atoms with Crippen LogP contribution in [0.2, 0.25) is 0 Å². The predicted octanol–water partition coefficient (Wildman–Crippen LogP) is 1.53. The summed E-state index contributed by atoms with van der Waals surface area (Å²) in [5, 5.41) is 0. The summed E-state index contributed by atoms with van der Waals surface area (Å²) in [6, 6.07) is 1.48. The molecular formula is C15H29N3. The predicted molar refractivity (Wildman–Crippen MR) is 75.5 cm³/mol. The third-order valence-electron chi connectivity index (χ3n) is 5.77. The molecule has 3 nitrogen and oxygen atoms in total. The lowest BCUT2D eigenvalue weighted by atomic mass is 9.80. The second-order valence-corrected chi connectivity index (χ2v) is 6.63. The van der Waals surface area contributed by atoms with Gasteiger partial charge in [0.15, 0.2) is 0 Å². The van der Waals surface area contributed by atoms with E-state index in [0.717, 1.165) is 24.4 Å². The molecule has 2 N–H and O–H groups in total. The summed E-state index contributed by atoms with van der Waals surface area (Å²) in [6.45, 7) is 8.51. The van der Waals surface area contributed by atoms with Crippen LogP contribution in [0, 0.1) is 11.8 Å². The van der Waals surface area contributed by atoms with Crippen LogP contribution in [-0.4, -0.2) is 54.6 Å². The Morgan fingerprint density at radius 3 is 2.44 bits per heavy atom. The molecule has 0 aromatic heterocycles. The molecule has 3 heteroatoms. The van der Waals surface area contributed by atoms with E-state index >= 15 is 0 Å². The minimum atomic E-state index is 0.661. The molecule has 0 amide bonds. The minimum Gasteiger partial charge on any atom is -0.329 e. The number of likely N-dealkylation sites (tertiary alicyclic amines) is 1. The molecule has 0 aliphatic carbocycles. The molecular weight excluding hydrogens is 222 g/mol. The van der Waals surface area contributed by atoms with Gasteiger partial charge < -0.3 is 10.6 Å². The maximum Gasteiger partial charge on any atom is 0.0255 e. The van der Waals surface area contributed by atoms with E-state index < -0.39 is 0 Å². The highest BCUT2D eigenvalue weighted by Gasteiger charge is 2.41. The highest BCUT2D eigenvalue weighted by molar-refractivity contribution is 4.96. The van der Waals surface area contributed by atoms with Crippen molar-refractivity contribution in [3.63, 3.8) is 0 Å².